The van der Waals surface area contributed by atoms with Gasteiger partial charge < -0.3 is 4.74 Å². The third-order valence-electron chi connectivity index (χ3n) is 5.39. The van der Waals surface area contributed by atoms with Crippen molar-refractivity contribution in [2.45, 2.75) is 60.3 Å². The van der Waals surface area contributed by atoms with Crippen LogP contribution in [0.5, 0.6) is 0 Å². The predicted octanol–water partition coefficient (Wildman–Crippen LogP) is 5.09. The number of carbonyl (C=O) groups is 2. The highest BCUT2D eigenvalue weighted by molar-refractivity contribution is 5.98. The first kappa shape index (κ1) is 19.4. The molecule has 0 radical (unpaired) electrons. The van der Waals surface area contributed by atoms with E-state index in [2.05, 4.69) is 26.8 Å². The lowest BCUT2D eigenvalue weighted by Gasteiger charge is -2.30. The number of ether oxygens (including phenoxy) is 1. The summed E-state index contributed by atoms with van der Waals surface area (Å²) in [7, 11) is 0. The Morgan fingerprint density at radius 3 is 2.68 bits per heavy atom. The van der Waals surface area contributed by atoms with Crippen LogP contribution < -0.4 is 0 Å². The molecule has 0 saturated heterocycles. The largest absolute Gasteiger partial charge is 0.463 e. The van der Waals surface area contributed by atoms with Crippen molar-refractivity contribution in [3.8, 4) is 0 Å². The first-order chi connectivity index (χ1) is 11.7. The minimum absolute atomic E-state index is 0.165. The Bertz CT molecular complexity index is 671. The zero-order valence-electron chi connectivity index (χ0n) is 16.1. The van der Waals surface area contributed by atoms with Crippen molar-refractivity contribution in [1.82, 2.24) is 0 Å². The molecule has 0 N–H and O–H groups in total. The molecule has 0 amide bonds. The molecule has 0 aliphatic heterocycles. The van der Waals surface area contributed by atoms with Gasteiger partial charge in [0.25, 0.3) is 0 Å². The van der Waals surface area contributed by atoms with E-state index in [1.165, 1.54) is 17.2 Å². The van der Waals surface area contributed by atoms with Crippen LogP contribution in [0, 0.1) is 11.3 Å². The fourth-order valence-electron chi connectivity index (χ4n) is 3.75. The number of carbonyl (C=O) groups excluding carboxylic acids is 2. The Kier molecular flexibility index (Phi) is 6.21. The predicted molar refractivity (Wildman–Crippen MR) is 101 cm³/mol. The summed E-state index contributed by atoms with van der Waals surface area (Å²) < 4.78 is 4.90. The van der Waals surface area contributed by atoms with Crippen molar-refractivity contribution in [2.24, 2.45) is 11.3 Å². The molecule has 2 rings (SSSR count). The van der Waals surface area contributed by atoms with Crippen molar-refractivity contribution >= 4 is 11.8 Å². The molecule has 0 spiro atoms. The van der Waals surface area contributed by atoms with E-state index in [1.54, 1.807) is 6.92 Å². The van der Waals surface area contributed by atoms with Gasteiger partial charge in [-0.25, -0.2) is 4.79 Å². The smallest absolute Gasteiger partial charge is 0.330 e. The van der Waals surface area contributed by atoms with E-state index in [1.807, 2.05) is 19.1 Å². The Morgan fingerprint density at radius 1 is 1.28 bits per heavy atom. The number of ketones is 1. The van der Waals surface area contributed by atoms with Crippen molar-refractivity contribution < 1.29 is 14.3 Å². The highest BCUT2D eigenvalue weighted by atomic mass is 16.5. The first-order valence-electron chi connectivity index (χ1n) is 9.20. The average Bonchev–Trinajstić information content (AvgIpc) is 2.83. The lowest BCUT2D eigenvalue weighted by molar-refractivity contribution is -0.137. The summed E-state index contributed by atoms with van der Waals surface area (Å²) in [4.78, 5) is 23.9. The molecule has 136 valence electrons. The van der Waals surface area contributed by atoms with Crippen LogP contribution in [0.1, 0.15) is 60.3 Å². The maximum absolute atomic E-state index is 12.5. The van der Waals surface area contributed by atoms with Gasteiger partial charge in [0.05, 0.1) is 6.61 Å². The molecule has 0 aromatic carbocycles. The number of hydrogen-bond acceptors (Lipinski definition) is 3. The third-order valence-corrected chi connectivity index (χ3v) is 5.39. The molecular formula is C22H30O3. The van der Waals surface area contributed by atoms with Gasteiger partial charge in [-0.15, -0.1) is 0 Å². The molecule has 0 aromatic heterocycles. The molecule has 2 aliphatic carbocycles. The van der Waals surface area contributed by atoms with Gasteiger partial charge in [0, 0.05) is 12.5 Å². The molecule has 0 aromatic rings. The van der Waals surface area contributed by atoms with E-state index in [4.69, 9.17) is 4.74 Å². The van der Waals surface area contributed by atoms with Gasteiger partial charge in [0.2, 0.25) is 0 Å². The second-order valence-corrected chi connectivity index (χ2v) is 7.78. The standard InChI is InChI=1S/C22H30O3/c1-6-25-21(24)12-15(2)8-7-9-16(3)17-13-19-18(20(23)14-17)10-11-22(19,4)5/h7-9,12,17H,6,10-11,13-14H2,1-5H3/b8-7+,15-12+,16-9-. The van der Waals surface area contributed by atoms with Gasteiger partial charge in [0.15, 0.2) is 5.78 Å². The minimum atomic E-state index is -0.314. The van der Waals surface area contributed by atoms with E-state index in [-0.39, 0.29) is 11.4 Å². The van der Waals surface area contributed by atoms with Crippen molar-refractivity contribution in [3.05, 3.63) is 46.6 Å². The van der Waals surface area contributed by atoms with Crippen LogP contribution in [0.15, 0.2) is 46.6 Å². The second kappa shape index (κ2) is 7.99. The van der Waals surface area contributed by atoms with Gasteiger partial charge >= 0.3 is 5.97 Å². The molecule has 1 atom stereocenters. The summed E-state index contributed by atoms with van der Waals surface area (Å²) >= 11 is 0. The van der Waals surface area contributed by atoms with Crippen LogP contribution in [-0.2, 0) is 14.3 Å². The maximum atomic E-state index is 12.5. The van der Waals surface area contributed by atoms with Gasteiger partial charge in [-0.05, 0) is 62.5 Å². The lowest BCUT2D eigenvalue weighted by atomic mass is 9.74. The van der Waals surface area contributed by atoms with Crippen LogP contribution in [0.3, 0.4) is 0 Å². The summed E-state index contributed by atoms with van der Waals surface area (Å²) in [6.45, 7) is 10.7. The molecule has 25 heavy (non-hydrogen) atoms. The summed E-state index contributed by atoms with van der Waals surface area (Å²) in [6, 6.07) is 0. The van der Waals surface area contributed by atoms with E-state index in [0.29, 0.717) is 24.7 Å². The van der Waals surface area contributed by atoms with Crippen LogP contribution in [0.2, 0.25) is 0 Å². The Morgan fingerprint density at radius 2 is 2.00 bits per heavy atom. The number of hydrogen-bond donors (Lipinski definition) is 0. The van der Waals surface area contributed by atoms with Crippen molar-refractivity contribution in [2.75, 3.05) is 6.61 Å². The summed E-state index contributed by atoms with van der Waals surface area (Å²) in [6.07, 6.45) is 11.1. The normalized spacial score (nSPS) is 24.0. The van der Waals surface area contributed by atoms with Gasteiger partial charge in [-0.2, -0.15) is 0 Å². The second-order valence-electron chi connectivity index (χ2n) is 7.78. The van der Waals surface area contributed by atoms with Crippen LogP contribution >= 0.6 is 0 Å². The molecule has 0 saturated carbocycles. The first-order valence-corrected chi connectivity index (χ1v) is 9.20. The number of rotatable bonds is 5. The summed E-state index contributed by atoms with van der Waals surface area (Å²) in [5.41, 5.74) is 4.73. The SMILES string of the molecule is CCOC(=O)/C=C(C)/C=C/C=C(/C)C1CC(=O)C2=C(C1)C(C)(C)CC2. The van der Waals surface area contributed by atoms with E-state index >= 15 is 0 Å². The summed E-state index contributed by atoms with van der Waals surface area (Å²) in [5.74, 6) is 0.320. The minimum Gasteiger partial charge on any atom is -0.463 e. The Balaban J connectivity index is 2.05. The van der Waals surface area contributed by atoms with Crippen molar-refractivity contribution in [3.63, 3.8) is 0 Å². The molecule has 0 fully saturated rings. The quantitative estimate of drug-likeness (QED) is 0.397. The number of Topliss-reactive ketones (excluding diaryl/α,β-unsaturated/α-hetero) is 1. The molecule has 1 unspecified atom stereocenters. The van der Waals surface area contributed by atoms with E-state index in [0.717, 1.165) is 30.4 Å². The molecule has 3 nitrogen and oxygen atoms in total. The lowest BCUT2D eigenvalue weighted by Crippen LogP contribution is -2.22. The Labute approximate surface area is 151 Å². The van der Waals surface area contributed by atoms with Gasteiger partial charge in [-0.1, -0.05) is 43.2 Å². The van der Waals surface area contributed by atoms with Gasteiger partial charge in [-0.3, -0.25) is 4.79 Å². The molecule has 3 heteroatoms. The molecule has 0 bridgehead atoms. The molecule has 0 heterocycles. The maximum Gasteiger partial charge on any atom is 0.330 e. The van der Waals surface area contributed by atoms with Crippen LogP contribution in [0.4, 0.5) is 0 Å². The number of esters is 1. The topological polar surface area (TPSA) is 43.4 Å². The number of allylic oxidation sites excluding steroid dienone is 7. The van der Waals surface area contributed by atoms with Crippen LogP contribution in [-0.4, -0.2) is 18.4 Å². The highest BCUT2D eigenvalue weighted by Crippen LogP contribution is 2.49. The highest BCUT2D eigenvalue weighted by Gasteiger charge is 2.39. The van der Waals surface area contributed by atoms with E-state index in [9.17, 15) is 9.59 Å². The van der Waals surface area contributed by atoms with Crippen molar-refractivity contribution in [1.29, 1.82) is 0 Å². The third kappa shape index (κ3) is 4.81. The van der Waals surface area contributed by atoms with Crippen LogP contribution in [0.25, 0.3) is 0 Å². The fraction of sp³-hybridized carbons (Fsp3) is 0.545. The van der Waals surface area contributed by atoms with E-state index < -0.39 is 0 Å². The monoisotopic (exact) mass is 342 g/mol. The average molecular weight is 342 g/mol. The molecular weight excluding hydrogens is 312 g/mol. The zero-order chi connectivity index (χ0) is 18.6. The summed E-state index contributed by atoms with van der Waals surface area (Å²) in [5, 5.41) is 0. The Hall–Kier alpha value is -1.90. The fourth-order valence-corrected chi connectivity index (χ4v) is 3.75. The van der Waals surface area contributed by atoms with Gasteiger partial charge in [0.1, 0.15) is 0 Å². The zero-order valence-corrected chi connectivity index (χ0v) is 16.1. The molecule has 2 aliphatic rings.